The number of aliphatic hydroxyl groups excluding tert-OH is 1. The summed E-state index contributed by atoms with van der Waals surface area (Å²) in [6, 6.07) is 9.00. The molecule has 3 atom stereocenters. The van der Waals surface area contributed by atoms with Crippen molar-refractivity contribution in [1.29, 1.82) is 0 Å². The molecule has 0 aliphatic carbocycles. The molecule has 29 heavy (non-hydrogen) atoms. The average Bonchev–Trinajstić information content (AvgIpc) is 2.99. The molecule has 1 aliphatic rings. The van der Waals surface area contributed by atoms with E-state index in [4.69, 9.17) is 9.47 Å². The van der Waals surface area contributed by atoms with E-state index in [-0.39, 0.29) is 13.0 Å². The highest BCUT2D eigenvalue weighted by Crippen LogP contribution is 2.25. The zero-order valence-electron chi connectivity index (χ0n) is 17.6. The SMILES string of the molecule is CCC[C@@H](O)[C@H](CC(=O)OC(C)(C)C)C(=O)N1C(=O)OCC1Cc1ccccc1. The van der Waals surface area contributed by atoms with Gasteiger partial charge in [-0.2, -0.15) is 0 Å². The molecule has 0 bridgehead atoms. The van der Waals surface area contributed by atoms with Gasteiger partial charge in [-0.15, -0.1) is 0 Å². The fourth-order valence-electron chi connectivity index (χ4n) is 3.39. The third-order valence-electron chi connectivity index (χ3n) is 4.69. The fourth-order valence-corrected chi connectivity index (χ4v) is 3.39. The molecule has 1 fully saturated rings. The molecule has 1 unspecified atom stereocenters. The van der Waals surface area contributed by atoms with Gasteiger partial charge < -0.3 is 14.6 Å². The van der Waals surface area contributed by atoms with Crippen LogP contribution in [0.15, 0.2) is 30.3 Å². The lowest BCUT2D eigenvalue weighted by molar-refractivity contribution is -0.160. The third-order valence-corrected chi connectivity index (χ3v) is 4.69. The molecule has 7 nitrogen and oxygen atoms in total. The van der Waals surface area contributed by atoms with Gasteiger partial charge in [0.1, 0.15) is 12.2 Å². The van der Waals surface area contributed by atoms with Crippen molar-refractivity contribution in [3.05, 3.63) is 35.9 Å². The Kier molecular flexibility index (Phi) is 7.79. The van der Waals surface area contributed by atoms with E-state index in [1.165, 1.54) is 0 Å². The predicted molar refractivity (Wildman–Crippen MR) is 107 cm³/mol. The summed E-state index contributed by atoms with van der Waals surface area (Å²) >= 11 is 0. The van der Waals surface area contributed by atoms with Crippen molar-refractivity contribution in [1.82, 2.24) is 4.90 Å². The molecule has 0 spiro atoms. The lowest BCUT2D eigenvalue weighted by Crippen LogP contribution is -2.47. The van der Waals surface area contributed by atoms with Crippen molar-refractivity contribution in [2.45, 2.75) is 71.1 Å². The summed E-state index contributed by atoms with van der Waals surface area (Å²) in [6.07, 6.45) is -0.664. The normalized spacial score (nSPS) is 18.9. The quantitative estimate of drug-likeness (QED) is 0.668. The number of benzene rings is 1. The highest BCUT2D eigenvalue weighted by Gasteiger charge is 2.43. The van der Waals surface area contributed by atoms with Gasteiger partial charge in [0.15, 0.2) is 0 Å². The summed E-state index contributed by atoms with van der Waals surface area (Å²) in [5.41, 5.74) is 0.259. The number of ether oxygens (including phenoxy) is 2. The van der Waals surface area contributed by atoms with E-state index < -0.39 is 41.6 Å². The Balaban J connectivity index is 2.20. The van der Waals surface area contributed by atoms with Crippen LogP contribution in [-0.2, 0) is 25.5 Å². The number of aliphatic hydroxyl groups is 1. The number of hydrogen-bond acceptors (Lipinski definition) is 6. The summed E-state index contributed by atoms with van der Waals surface area (Å²) < 4.78 is 10.4. The Bertz CT molecular complexity index is 712. The average molecular weight is 405 g/mol. The summed E-state index contributed by atoms with van der Waals surface area (Å²) in [5, 5.41) is 10.5. The maximum Gasteiger partial charge on any atom is 0.416 e. The van der Waals surface area contributed by atoms with Crippen LogP contribution >= 0.6 is 0 Å². The summed E-state index contributed by atoms with van der Waals surface area (Å²) in [7, 11) is 0. The Morgan fingerprint density at radius 3 is 2.52 bits per heavy atom. The van der Waals surface area contributed by atoms with Crippen LogP contribution in [0.3, 0.4) is 0 Å². The van der Waals surface area contributed by atoms with E-state index in [9.17, 15) is 19.5 Å². The predicted octanol–water partition coefficient (Wildman–Crippen LogP) is 3.09. The molecule has 1 aromatic rings. The molecule has 0 radical (unpaired) electrons. The lowest BCUT2D eigenvalue weighted by Gasteiger charge is -2.28. The summed E-state index contributed by atoms with van der Waals surface area (Å²) in [4.78, 5) is 38.9. The Hall–Kier alpha value is -2.41. The van der Waals surface area contributed by atoms with Crippen molar-refractivity contribution in [3.63, 3.8) is 0 Å². The van der Waals surface area contributed by atoms with Gasteiger partial charge in [-0.3, -0.25) is 9.59 Å². The van der Waals surface area contributed by atoms with Crippen LogP contribution in [0, 0.1) is 5.92 Å². The van der Waals surface area contributed by atoms with Crippen LogP contribution in [0.2, 0.25) is 0 Å². The maximum atomic E-state index is 13.2. The molecule has 2 amide bonds. The van der Waals surface area contributed by atoms with Gasteiger partial charge in [0.25, 0.3) is 0 Å². The number of hydrogen-bond donors (Lipinski definition) is 1. The number of carbonyl (C=O) groups excluding carboxylic acids is 3. The zero-order chi connectivity index (χ0) is 21.6. The summed E-state index contributed by atoms with van der Waals surface area (Å²) in [6.45, 7) is 7.16. The molecule has 1 saturated heterocycles. The van der Waals surface area contributed by atoms with E-state index in [0.29, 0.717) is 19.3 Å². The van der Waals surface area contributed by atoms with Gasteiger partial charge in [0, 0.05) is 0 Å². The molecule has 2 rings (SSSR count). The highest BCUT2D eigenvalue weighted by molar-refractivity contribution is 5.96. The minimum Gasteiger partial charge on any atom is -0.460 e. The van der Waals surface area contributed by atoms with Crippen molar-refractivity contribution < 1.29 is 29.0 Å². The second-order valence-electron chi connectivity index (χ2n) is 8.38. The van der Waals surface area contributed by atoms with Gasteiger partial charge in [0.05, 0.1) is 24.5 Å². The number of nitrogens with zero attached hydrogens (tertiary/aromatic N) is 1. The molecule has 1 N–H and O–H groups in total. The molecule has 1 aliphatic heterocycles. The second-order valence-corrected chi connectivity index (χ2v) is 8.38. The second kappa shape index (κ2) is 9.87. The molecule has 1 aromatic carbocycles. The van der Waals surface area contributed by atoms with Crippen LogP contribution in [0.5, 0.6) is 0 Å². The first kappa shape index (κ1) is 22.9. The lowest BCUT2D eigenvalue weighted by atomic mass is 9.92. The van der Waals surface area contributed by atoms with Crippen molar-refractivity contribution in [3.8, 4) is 0 Å². The highest BCUT2D eigenvalue weighted by atomic mass is 16.6. The zero-order valence-corrected chi connectivity index (χ0v) is 17.6. The number of cyclic esters (lactones) is 1. The van der Waals surface area contributed by atoms with Gasteiger partial charge in [-0.1, -0.05) is 43.7 Å². The molecule has 160 valence electrons. The first-order chi connectivity index (χ1) is 13.6. The number of esters is 1. The number of carbonyl (C=O) groups is 3. The van der Waals surface area contributed by atoms with Crippen molar-refractivity contribution in [2.24, 2.45) is 5.92 Å². The first-order valence-electron chi connectivity index (χ1n) is 10.1. The first-order valence-corrected chi connectivity index (χ1v) is 10.1. The molecule has 1 heterocycles. The van der Waals surface area contributed by atoms with Gasteiger partial charge in [-0.05, 0) is 39.2 Å². The minimum absolute atomic E-state index is 0.0858. The molecule has 0 saturated carbocycles. The van der Waals surface area contributed by atoms with Crippen LogP contribution < -0.4 is 0 Å². The van der Waals surface area contributed by atoms with E-state index in [0.717, 1.165) is 10.5 Å². The van der Waals surface area contributed by atoms with Crippen LogP contribution in [0.1, 0.15) is 52.5 Å². The molecular weight excluding hydrogens is 374 g/mol. The number of rotatable bonds is 8. The van der Waals surface area contributed by atoms with Crippen molar-refractivity contribution in [2.75, 3.05) is 6.61 Å². The molecular formula is C22H31NO6. The fraction of sp³-hybridized carbons (Fsp3) is 0.591. The molecule has 0 aromatic heterocycles. The Morgan fingerprint density at radius 1 is 1.28 bits per heavy atom. The smallest absolute Gasteiger partial charge is 0.416 e. The molecule has 7 heteroatoms. The van der Waals surface area contributed by atoms with Crippen LogP contribution in [0.25, 0.3) is 0 Å². The Morgan fingerprint density at radius 2 is 1.93 bits per heavy atom. The Labute approximate surface area is 172 Å². The topological polar surface area (TPSA) is 93.1 Å². The maximum absolute atomic E-state index is 13.2. The van der Waals surface area contributed by atoms with E-state index in [2.05, 4.69) is 0 Å². The van der Waals surface area contributed by atoms with Crippen LogP contribution in [-0.4, -0.2) is 52.3 Å². The van der Waals surface area contributed by atoms with E-state index in [1.54, 1.807) is 20.8 Å². The standard InChI is InChI=1S/C22H31NO6/c1-5-9-18(24)17(13-19(25)29-22(2,3)4)20(26)23-16(14-28-21(23)27)12-15-10-7-6-8-11-15/h6-8,10-11,16-18,24H,5,9,12-14H2,1-4H3/t16?,17-,18+/m0/s1. The van der Waals surface area contributed by atoms with E-state index in [1.807, 2.05) is 37.3 Å². The van der Waals surface area contributed by atoms with Crippen LogP contribution in [0.4, 0.5) is 4.79 Å². The van der Waals surface area contributed by atoms with Gasteiger partial charge in [-0.25, -0.2) is 9.69 Å². The van der Waals surface area contributed by atoms with Gasteiger partial charge in [0.2, 0.25) is 5.91 Å². The minimum atomic E-state index is -1.06. The number of amides is 2. The van der Waals surface area contributed by atoms with Crippen molar-refractivity contribution >= 4 is 18.0 Å². The third kappa shape index (κ3) is 6.56. The van der Waals surface area contributed by atoms with Gasteiger partial charge >= 0.3 is 12.1 Å². The number of imide groups is 1. The van der Waals surface area contributed by atoms with E-state index >= 15 is 0 Å². The summed E-state index contributed by atoms with van der Waals surface area (Å²) in [5.74, 6) is -2.24. The largest absolute Gasteiger partial charge is 0.460 e. The monoisotopic (exact) mass is 405 g/mol.